The number of nitrogens with two attached hydrogens (primary N) is 1. The van der Waals surface area contributed by atoms with E-state index in [1.165, 1.54) is 6.92 Å². The minimum absolute atomic E-state index is 0.0114. The highest BCUT2D eigenvalue weighted by atomic mass is 19.1. The van der Waals surface area contributed by atoms with Crippen molar-refractivity contribution < 1.29 is 8.78 Å². The second kappa shape index (κ2) is 5.38. The molecule has 0 aliphatic rings. The molecule has 0 amide bonds. The molecule has 0 aliphatic heterocycles. The smallest absolute Gasteiger partial charge is 0.148 e. The van der Waals surface area contributed by atoms with Crippen molar-refractivity contribution in [2.45, 2.75) is 20.8 Å². The molecule has 0 unspecified atom stereocenters. The summed E-state index contributed by atoms with van der Waals surface area (Å²) in [4.78, 5) is 8.26. The number of benzene rings is 1. The molecule has 106 valence electrons. The topological polar surface area (TPSA) is 75.9 Å². The first-order chi connectivity index (χ1) is 9.42. The molecule has 1 heterocycles. The minimum Gasteiger partial charge on any atom is -0.337 e. The van der Waals surface area contributed by atoms with E-state index < -0.39 is 11.6 Å². The summed E-state index contributed by atoms with van der Waals surface area (Å²) in [5.41, 5.74) is 3.30. The van der Waals surface area contributed by atoms with Crippen molar-refractivity contribution in [2.75, 3.05) is 10.7 Å². The summed E-state index contributed by atoms with van der Waals surface area (Å²) in [6.07, 6.45) is 0. The summed E-state index contributed by atoms with van der Waals surface area (Å²) in [7, 11) is 0. The molecule has 0 saturated carbocycles. The molecule has 0 saturated heterocycles. The molecule has 0 fully saturated rings. The summed E-state index contributed by atoms with van der Waals surface area (Å²) in [6.45, 7) is 4.90. The van der Waals surface area contributed by atoms with Crippen LogP contribution in [0.25, 0.3) is 0 Å². The predicted molar refractivity (Wildman–Crippen MR) is 73.7 cm³/mol. The van der Waals surface area contributed by atoms with E-state index in [1.54, 1.807) is 13.8 Å². The van der Waals surface area contributed by atoms with Crippen molar-refractivity contribution in [2.24, 2.45) is 5.84 Å². The van der Waals surface area contributed by atoms with E-state index in [2.05, 4.69) is 20.7 Å². The number of halogens is 2. The molecule has 2 aromatic rings. The van der Waals surface area contributed by atoms with Gasteiger partial charge < -0.3 is 10.7 Å². The van der Waals surface area contributed by atoms with Crippen molar-refractivity contribution in [1.82, 2.24) is 9.97 Å². The Morgan fingerprint density at radius 1 is 1.00 bits per heavy atom. The van der Waals surface area contributed by atoms with Crippen molar-refractivity contribution in [1.29, 1.82) is 0 Å². The van der Waals surface area contributed by atoms with Crippen LogP contribution in [0.1, 0.15) is 17.0 Å². The summed E-state index contributed by atoms with van der Waals surface area (Å²) in [5, 5.41) is 2.76. The summed E-state index contributed by atoms with van der Waals surface area (Å²) in [6, 6.07) is 2.22. The average molecular weight is 279 g/mol. The first-order valence-electron chi connectivity index (χ1n) is 5.97. The highest BCUT2D eigenvalue weighted by Crippen LogP contribution is 2.26. The molecule has 7 heteroatoms. The Hall–Kier alpha value is -2.28. The fraction of sp³-hybridized carbons (Fsp3) is 0.231. The Labute approximate surface area is 115 Å². The van der Waals surface area contributed by atoms with E-state index in [9.17, 15) is 8.78 Å². The van der Waals surface area contributed by atoms with Crippen LogP contribution in [0, 0.1) is 32.4 Å². The zero-order valence-electron chi connectivity index (χ0n) is 11.4. The first-order valence-corrected chi connectivity index (χ1v) is 5.97. The maximum Gasteiger partial charge on any atom is 0.148 e. The normalized spacial score (nSPS) is 10.5. The lowest BCUT2D eigenvalue weighted by Crippen LogP contribution is -2.13. The molecule has 0 aliphatic carbocycles. The van der Waals surface area contributed by atoms with Gasteiger partial charge in [0.25, 0.3) is 0 Å². The zero-order valence-corrected chi connectivity index (χ0v) is 11.4. The second-order valence-electron chi connectivity index (χ2n) is 4.44. The third-order valence-electron chi connectivity index (χ3n) is 2.90. The van der Waals surface area contributed by atoms with Crippen molar-refractivity contribution in [3.8, 4) is 0 Å². The largest absolute Gasteiger partial charge is 0.337 e. The maximum atomic E-state index is 13.8. The van der Waals surface area contributed by atoms with Gasteiger partial charge in [0.15, 0.2) is 0 Å². The molecule has 4 N–H and O–H groups in total. The second-order valence-corrected chi connectivity index (χ2v) is 4.44. The van der Waals surface area contributed by atoms with E-state index in [4.69, 9.17) is 5.84 Å². The molecular weight excluding hydrogens is 264 g/mol. The Morgan fingerprint density at radius 3 is 2.30 bits per heavy atom. The number of hydrazine groups is 1. The Balaban J connectivity index is 2.45. The summed E-state index contributed by atoms with van der Waals surface area (Å²) < 4.78 is 27.3. The van der Waals surface area contributed by atoms with Gasteiger partial charge in [-0.25, -0.2) is 24.6 Å². The third kappa shape index (κ3) is 2.67. The van der Waals surface area contributed by atoms with E-state index in [0.717, 1.165) is 12.1 Å². The fourth-order valence-corrected chi connectivity index (χ4v) is 1.76. The average Bonchev–Trinajstić information content (AvgIpc) is 2.39. The molecule has 0 radical (unpaired) electrons. The Morgan fingerprint density at radius 2 is 1.65 bits per heavy atom. The number of nitrogens with zero attached hydrogens (tertiary/aromatic N) is 2. The van der Waals surface area contributed by atoms with Gasteiger partial charge in [-0.2, -0.15) is 0 Å². The van der Waals surface area contributed by atoms with Crippen LogP contribution in [0.4, 0.5) is 26.1 Å². The number of nitrogen functional groups attached to an aromatic ring is 1. The fourth-order valence-electron chi connectivity index (χ4n) is 1.76. The third-order valence-corrected chi connectivity index (χ3v) is 2.90. The highest BCUT2D eigenvalue weighted by molar-refractivity contribution is 5.65. The van der Waals surface area contributed by atoms with Gasteiger partial charge in [0.2, 0.25) is 0 Å². The van der Waals surface area contributed by atoms with Gasteiger partial charge in [0.1, 0.15) is 29.1 Å². The number of aromatic nitrogens is 2. The van der Waals surface area contributed by atoms with Gasteiger partial charge in [-0.3, -0.25) is 0 Å². The van der Waals surface area contributed by atoms with Crippen molar-refractivity contribution in [3.05, 3.63) is 40.7 Å². The molecule has 1 aromatic heterocycles. The number of hydrogen-bond acceptors (Lipinski definition) is 5. The lowest BCUT2D eigenvalue weighted by atomic mass is 10.2. The van der Waals surface area contributed by atoms with Gasteiger partial charge in [-0.1, -0.05) is 0 Å². The van der Waals surface area contributed by atoms with E-state index in [1.807, 2.05) is 0 Å². The summed E-state index contributed by atoms with van der Waals surface area (Å²) in [5.74, 6) is 5.56. The van der Waals surface area contributed by atoms with Crippen molar-refractivity contribution >= 4 is 17.3 Å². The van der Waals surface area contributed by atoms with Crippen LogP contribution in [-0.2, 0) is 0 Å². The number of rotatable bonds is 3. The van der Waals surface area contributed by atoms with E-state index in [0.29, 0.717) is 23.0 Å². The van der Waals surface area contributed by atoms with Crippen LogP contribution in [-0.4, -0.2) is 9.97 Å². The molecule has 0 atom stereocenters. The molecule has 0 bridgehead atoms. The van der Waals surface area contributed by atoms with Gasteiger partial charge in [0.05, 0.1) is 5.69 Å². The SMILES string of the molecule is Cc1nc(NN)c(C)c(Nc2cc(F)c(C)cc2F)n1. The minimum atomic E-state index is -0.554. The van der Waals surface area contributed by atoms with Gasteiger partial charge in [-0.15, -0.1) is 0 Å². The number of hydrogen-bond donors (Lipinski definition) is 3. The highest BCUT2D eigenvalue weighted by Gasteiger charge is 2.12. The van der Waals surface area contributed by atoms with Crippen LogP contribution >= 0.6 is 0 Å². The Kier molecular flexibility index (Phi) is 3.80. The van der Waals surface area contributed by atoms with Crippen molar-refractivity contribution in [3.63, 3.8) is 0 Å². The Bertz CT molecular complexity index is 658. The molecule has 20 heavy (non-hydrogen) atoms. The lowest BCUT2D eigenvalue weighted by molar-refractivity contribution is 0.595. The number of aryl methyl sites for hydroxylation is 2. The van der Waals surface area contributed by atoms with Gasteiger partial charge >= 0.3 is 0 Å². The molecule has 5 nitrogen and oxygen atoms in total. The van der Waals surface area contributed by atoms with E-state index >= 15 is 0 Å². The molecular formula is C13H15F2N5. The van der Waals surface area contributed by atoms with Crippen LogP contribution in [0.2, 0.25) is 0 Å². The van der Waals surface area contributed by atoms with Gasteiger partial charge in [-0.05, 0) is 32.4 Å². The van der Waals surface area contributed by atoms with Crippen LogP contribution in [0.15, 0.2) is 12.1 Å². The lowest BCUT2D eigenvalue weighted by Gasteiger charge is -2.13. The van der Waals surface area contributed by atoms with Crippen LogP contribution < -0.4 is 16.6 Å². The summed E-state index contributed by atoms with van der Waals surface area (Å²) >= 11 is 0. The van der Waals surface area contributed by atoms with Crippen LogP contribution in [0.3, 0.4) is 0 Å². The quantitative estimate of drug-likeness (QED) is 0.595. The van der Waals surface area contributed by atoms with E-state index in [-0.39, 0.29) is 11.3 Å². The standard InChI is InChI=1S/C13H15F2N5/c1-6-4-10(15)11(5-9(6)14)19-12-7(2)13(20-16)18-8(3)17-12/h4-5H,16H2,1-3H3,(H2,17,18,19,20). The molecule has 0 spiro atoms. The van der Waals surface area contributed by atoms with Crippen LogP contribution in [0.5, 0.6) is 0 Å². The number of nitrogens with one attached hydrogen (secondary N) is 2. The number of anilines is 3. The zero-order chi connectivity index (χ0) is 14.9. The molecule has 2 rings (SSSR count). The van der Waals surface area contributed by atoms with Gasteiger partial charge in [0, 0.05) is 11.6 Å². The maximum absolute atomic E-state index is 13.8. The predicted octanol–water partition coefficient (Wildman–Crippen LogP) is 2.71. The molecule has 1 aromatic carbocycles. The monoisotopic (exact) mass is 279 g/mol. The first kappa shape index (κ1) is 14.1.